The van der Waals surface area contributed by atoms with Crippen molar-refractivity contribution in [2.45, 2.75) is 33.9 Å². The standard InChI is InChI=1S/C15H20FN3/c1-11(2)9-19-10-15(12(3)18-19)17-8-13-5-4-6-14(16)7-13/h4-7,10-11,17H,8-9H2,1-3H3. The minimum absolute atomic E-state index is 0.202. The molecule has 0 spiro atoms. The van der Waals surface area contributed by atoms with Crippen LogP contribution in [0.2, 0.25) is 0 Å². The summed E-state index contributed by atoms with van der Waals surface area (Å²) in [4.78, 5) is 0. The van der Waals surface area contributed by atoms with Gasteiger partial charge in [0.15, 0.2) is 0 Å². The molecule has 0 unspecified atom stereocenters. The summed E-state index contributed by atoms with van der Waals surface area (Å²) in [6.07, 6.45) is 2.01. The average molecular weight is 261 g/mol. The van der Waals surface area contributed by atoms with Crippen LogP contribution in [0, 0.1) is 18.7 Å². The van der Waals surface area contributed by atoms with E-state index in [1.807, 2.05) is 23.9 Å². The van der Waals surface area contributed by atoms with Crippen molar-refractivity contribution in [1.82, 2.24) is 9.78 Å². The molecule has 4 heteroatoms. The van der Waals surface area contributed by atoms with E-state index in [4.69, 9.17) is 0 Å². The molecule has 0 aliphatic heterocycles. The Kier molecular flexibility index (Phi) is 4.20. The van der Waals surface area contributed by atoms with Crippen LogP contribution in [0.4, 0.5) is 10.1 Å². The summed E-state index contributed by atoms with van der Waals surface area (Å²) in [5.74, 6) is 0.363. The van der Waals surface area contributed by atoms with Crippen LogP contribution in [0.1, 0.15) is 25.1 Å². The fraction of sp³-hybridized carbons (Fsp3) is 0.400. The summed E-state index contributed by atoms with van der Waals surface area (Å²) < 4.78 is 15.0. The van der Waals surface area contributed by atoms with Crippen molar-refractivity contribution in [2.75, 3.05) is 5.32 Å². The Balaban J connectivity index is 2.01. The van der Waals surface area contributed by atoms with Gasteiger partial charge in [-0.1, -0.05) is 26.0 Å². The number of aryl methyl sites for hydroxylation is 1. The van der Waals surface area contributed by atoms with E-state index in [0.717, 1.165) is 23.5 Å². The fourth-order valence-electron chi connectivity index (χ4n) is 2.00. The van der Waals surface area contributed by atoms with Crippen LogP contribution >= 0.6 is 0 Å². The van der Waals surface area contributed by atoms with Crippen molar-refractivity contribution in [3.8, 4) is 0 Å². The van der Waals surface area contributed by atoms with Gasteiger partial charge in [0, 0.05) is 19.3 Å². The molecule has 0 bridgehead atoms. The fourth-order valence-corrected chi connectivity index (χ4v) is 2.00. The topological polar surface area (TPSA) is 29.9 Å². The van der Waals surface area contributed by atoms with Gasteiger partial charge in [0.2, 0.25) is 0 Å². The van der Waals surface area contributed by atoms with Crippen LogP contribution in [0.5, 0.6) is 0 Å². The van der Waals surface area contributed by atoms with E-state index < -0.39 is 0 Å². The zero-order valence-corrected chi connectivity index (χ0v) is 11.7. The first-order chi connectivity index (χ1) is 9.04. The molecule has 1 heterocycles. The Labute approximate surface area is 113 Å². The number of benzene rings is 1. The molecule has 3 nitrogen and oxygen atoms in total. The molecule has 0 fully saturated rings. The lowest BCUT2D eigenvalue weighted by Crippen LogP contribution is -2.04. The van der Waals surface area contributed by atoms with Crippen LogP contribution < -0.4 is 5.32 Å². The molecule has 0 saturated heterocycles. The Bertz CT molecular complexity index is 546. The van der Waals surface area contributed by atoms with Crippen LogP contribution in [-0.2, 0) is 13.1 Å². The molecule has 19 heavy (non-hydrogen) atoms. The molecular weight excluding hydrogens is 241 g/mol. The van der Waals surface area contributed by atoms with Crippen LogP contribution in [0.3, 0.4) is 0 Å². The summed E-state index contributed by atoms with van der Waals surface area (Å²) in [6.45, 7) is 7.81. The van der Waals surface area contributed by atoms with Gasteiger partial charge in [0.25, 0.3) is 0 Å². The number of halogens is 1. The zero-order valence-electron chi connectivity index (χ0n) is 11.7. The molecule has 2 aromatic rings. The lowest BCUT2D eigenvalue weighted by molar-refractivity contribution is 0.481. The third kappa shape index (κ3) is 3.81. The van der Waals surface area contributed by atoms with Gasteiger partial charge in [0.1, 0.15) is 5.82 Å². The Morgan fingerprint density at radius 1 is 1.37 bits per heavy atom. The second kappa shape index (κ2) is 5.87. The lowest BCUT2D eigenvalue weighted by Gasteiger charge is -2.05. The highest BCUT2D eigenvalue weighted by molar-refractivity contribution is 5.46. The quantitative estimate of drug-likeness (QED) is 0.891. The molecule has 0 aliphatic rings. The molecule has 0 atom stereocenters. The van der Waals surface area contributed by atoms with E-state index >= 15 is 0 Å². The van der Waals surface area contributed by atoms with Gasteiger partial charge in [-0.15, -0.1) is 0 Å². The number of aromatic nitrogens is 2. The van der Waals surface area contributed by atoms with Crippen molar-refractivity contribution >= 4 is 5.69 Å². The number of hydrogen-bond acceptors (Lipinski definition) is 2. The predicted molar refractivity (Wildman–Crippen MR) is 75.5 cm³/mol. The summed E-state index contributed by atoms with van der Waals surface area (Å²) in [7, 11) is 0. The van der Waals surface area contributed by atoms with Gasteiger partial charge >= 0.3 is 0 Å². The number of hydrogen-bond donors (Lipinski definition) is 1. The monoisotopic (exact) mass is 261 g/mol. The van der Waals surface area contributed by atoms with Crippen molar-refractivity contribution in [1.29, 1.82) is 0 Å². The smallest absolute Gasteiger partial charge is 0.123 e. The van der Waals surface area contributed by atoms with E-state index in [2.05, 4.69) is 24.3 Å². The van der Waals surface area contributed by atoms with E-state index in [9.17, 15) is 4.39 Å². The maximum atomic E-state index is 13.1. The molecule has 102 valence electrons. The molecular formula is C15H20FN3. The van der Waals surface area contributed by atoms with E-state index in [1.54, 1.807) is 12.1 Å². The SMILES string of the molecule is Cc1nn(CC(C)C)cc1NCc1cccc(F)c1. The lowest BCUT2D eigenvalue weighted by atomic mass is 10.2. The van der Waals surface area contributed by atoms with Crippen molar-refractivity contribution < 1.29 is 4.39 Å². The van der Waals surface area contributed by atoms with Gasteiger partial charge < -0.3 is 5.32 Å². The Morgan fingerprint density at radius 2 is 2.16 bits per heavy atom. The minimum atomic E-state index is -0.202. The van der Waals surface area contributed by atoms with Crippen LogP contribution in [0.25, 0.3) is 0 Å². The van der Waals surface area contributed by atoms with E-state index in [-0.39, 0.29) is 5.82 Å². The first kappa shape index (κ1) is 13.6. The number of anilines is 1. The highest BCUT2D eigenvalue weighted by Crippen LogP contribution is 2.15. The normalized spacial score (nSPS) is 11.0. The van der Waals surface area contributed by atoms with Crippen molar-refractivity contribution in [3.05, 3.63) is 47.5 Å². The highest BCUT2D eigenvalue weighted by Gasteiger charge is 2.06. The third-order valence-corrected chi connectivity index (χ3v) is 2.87. The van der Waals surface area contributed by atoms with Gasteiger partial charge in [-0.2, -0.15) is 5.10 Å². The summed E-state index contributed by atoms with van der Waals surface area (Å²) in [5, 5.41) is 7.76. The molecule has 1 aromatic carbocycles. The van der Waals surface area contributed by atoms with Gasteiger partial charge in [-0.25, -0.2) is 4.39 Å². The average Bonchev–Trinajstić information content (AvgIpc) is 2.66. The minimum Gasteiger partial charge on any atom is -0.378 e. The first-order valence-corrected chi connectivity index (χ1v) is 6.57. The Hall–Kier alpha value is -1.84. The maximum Gasteiger partial charge on any atom is 0.123 e. The first-order valence-electron chi connectivity index (χ1n) is 6.57. The number of nitrogens with one attached hydrogen (secondary N) is 1. The highest BCUT2D eigenvalue weighted by atomic mass is 19.1. The van der Waals surface area contributed by atoms with Gasteiger partial charge in [-0.05, 0) is 30.5 Å². The summed E-state index contributed by atoms with van der Waals surface area (Å²) in [6, 6.07) is 6.63. The zero-order chi connectivity index (χ0) is 13.8. The third-order valence-electron chi connectivity index (χ3n) is 2.87. The van der Waals surface area contributed by atoms with Crippen molar-refractivity contribution in [2.24, 2.45) is 5.92 Å². The largest absolute Gasteiger partial charge is 0.378 e. The number of nitrogens with zero attached hydrogens (tertiary/aromatic N) is 2. The van der Waals surface area contributed by atoms with E-state index in [1.165, 1.54) is 6.07 Å². The summed E-state index contributed by atoms with van der Waals surface area (Å²) >= 11 is 0. The van der Waals surface area contributed by atoms with Crippen LogP contribution in [-0.4, -0.2) is 9.78 Å². The molecule has 0 amide bonds. The molecule has 0 aliphatic carbocycles. The van der Waals surface area contributed by atoms with Crippen LogP contribution in [0.15, 0.2) is 30.5 Å². The molecule has 0 saturated carbocycles. The predicted octanol–water partition coefficient (Wildman–Crippen LogP) is 3.60. The molecule has 2 rings (SSSR count). The molecule has 0 radical (unpaired) electrons. The summed E-state index contributed by atoms with van der Waals surface area (Å²) in [5.41, 5.74) is 2.90. The number of rotatable bonds is 5. The maximum absolute atomic E-state index is 13.1. The van der Waals surface area contributed by atoms with Gasteiger partial charge in [0.05, 0.1) is 11.4 Å². The van der Waals surface area contributed by atoms with Gasteiger partial charge in [-0.3, -0.25) is 4.68 Å². The molecule has 1 aromatic heterocycles. The van der Waals surface area contributed by atoms with Crippen molar-refractivity contribution in [3.63, 3.8) is 0 Å². The second-order valence-electron chi connectivity index (χ2n) is 5.23. The Morgan fingerprint density at radius 3 is 2.84 bits per heavy atom. The second-order valence-corrected chi connectivity index (χ2v) is 5.23. The van der Waals surface area contributed by atoms with E-state index in [0.29, 0.717) is 12.5 Å². The molecule has 1 N–H and O–H groups in total.